The lowest BCUT2D eigenvalue weighted by atomic mass is 9.96. The molecule has 0 amide bonds. The maximum Gasteiger partial charge on any atom is 0.233 e. The fourth-order valence-electron chi connectivity index (χ4n) is 11.5. The third-order valence-corrected chi connectivity index (χ3v) is 16.8. The van der Waals surface area contributed by atoms with Gasteiger partial charge in [-0.05, 0) is 60.5 Å². The Kier molecular flexibility index (Phi) is 19.4. The highest BCUT2D eigenvalue weighted by Crippen LogP contribution is 2.29. The molecule has 1 saturated carbocycles. The lowest BCUT2D eigenvalue weighted by Gasteiger charge is -2.38. The zero-order valence-electron chi connectivity index (χ0n) is 50.2. The summed E-state index contributed by atoms with van der Waals surface area (Å²) in [5.41, 5.74) is 0.926. The van der Waals surface area contributed by atoms with Crippen LogP contribution in [0.4, 0.5) is 83.0 Å². The molecule has 0 unspecified atom stereocenters. The highest BCUT2D eigenvalue weighted by Gasteiger charge is 2.31. The Morgan fingerprint density at radius 2 is 0.793 bits per heavy atom. The summed E-state index contributed by atoms with van der Waals surface area (Å²) in [5, 5.41) is 17.8. The van der Waals surface area contributed by atoms with Crippen molar-refractivity contribution < 1.29 is 0 Å². The van der Waals surface area contributed by atoms with Crippen LogP contribution in [0.15, 0.2) is 30.3 Å². The first-order chi connectivity index (χ1) is 42.6. The van der Waals surface area contributed by atoms with Crippen LogP contribution >= 0.6 is 23.2 Å². The number of unbranched alkanes of at least 4 members (excludes halogenated alkanes) is 2. The van der Waals surface area contributed by atoms with E-state index in [1.54, 1.807) is 0 Å². The molecular weight excluding hydrogens is 1150 g/mol. The molecule has 1 aromatic carbocycles. The van der Waals surface area contributed by atoms with E-state index in [1.165, 1.54) is 19.3 Å². The van der Waals surface area contributed by atoms with Gasteiger partial charge in [0.25, 0.3) is 0 Å². The van der Waals surface area contributed by atoms with Crippen LogP contribution in [0.2, 0.25) is 10.6 Å². The molecule has 31 heteroatoms. The summed E-state index contributed by atoms with van der Waals surface area (Å²) in [5.74, 6) is 8.38. The second kappa shape index (κ2) is 28.4. The van der Waals surface area contributed by atoms with E-state index in [0.29, 0.717) is 194 Å². The molecule has 6 fully saturated rings. The van der Waals surface area contributed by atoms with Gasteiger partial charge in [-0.2, -0.15) is 74.8 Å². The van der Waals surface area contributed by atoms with Gasteiger partial charge in [-0.1, -0.05) is 71.1 Å². The number of nitrogens with zero attached hydrogens (tertiary/aromatic N) is 24. The van der Waals surface area contributed by atoms with Gasteiger partial charge in [0.1, 0.15) is 0 Å². The summed E-state index contributed by atoms with van der Waals surface area (Å²) in [7, 11) is 0. The smallest absolute Gasteiger partial charge is 0.233 e. The minimum Gasteiger partial charge on any atom is -0.354 e. The molecule has 12 rings (SSSR count). The van der Waals surface area contributed by atoms with E-state index in [4.69, 9.17) is 83.0 Å². The number of aromatic nitrogens is 15. The third-order valence-electron chi connectivity index (χ3n) is 16.5. The van der Waals surface area contributed by atoms with Crippen molar-refractivity contribution in [3.63, 3.8) is 0 Å². The molecule has 5 aliphatic heterocycles. The topological polar surface area (TPSA) is 283 Å². The van der Waals surface area contributed by atoms with Crippen LogP contribution in [0.25, 0.3) is 0 Å². The average molecular weight is 1230 g/mol. The standard InChI is InChI=1S/C56H81Cl2N29/c1-4-5-12-17-60-44-67-49(81-24-22-80(23-25-81)48-65-42(57)64-43(58)66-48)75-50(68-44)82-26-28-83(29-27-82)51-69-45(61-38-39(2)3)70-52(76-51)84-30-32-86(33-31-84)55-73-47(63-41-15-10-7-11-16-41)74-56(78-55)87-36-34-85(35-37-87)54-72-46(62-40-13-8-6-9-14-40)71-53(77-54)79-20-18-59-19-21-79/h6,8-9,13-14,39,41,59H,4-5,7,10-12,15-38H2,1-3H3,(H,60,67,68,75)(H,61,69,70,76)(H,62,71,72,77)(H,63,73,74,78). The normalized spacial score (nSPS) is 18.2. The first-order valence-electron chi connectivity index (χ1n) is 31.2. The van der Waals surface area contributed by atoms with Crippen LogP contribution in [0.5, 0.6) is 0 Å². The molecule has 464 valence electrons. The summed E-state index contributed by atoms with van der Waals surface area (Å²) in [6.07, 6.45) is 9.13. The number of nitrogens with one attached hydrogen (secondary N) is 5. The van der Waals surface area contributed by atoms with Gasteiger partial charge in [0, 0.05) is 156 Å². The molecule has 0 atom stereocenters. The summed E-state index contributed by atoms with van der Waals surface area (Å²) >= 11 is 12.3. The van der Waals surface area contributed by atoms with Crippen molar-refractivity contribution in [3.05, 3.63) is 40.9 Å². The lowest BCUT2D eigenvalue weighted by Crippen LogP contribution is -2.50. The summed E-state index contributed by atoms with van der Waals surface area (Å²) in [6, 6.07) is 10.4. The monoisotopic (exact) mass is 1230 g/mol. The van der Waals surface area contributed by atoms with E-state index in [2.05, 4.69) is 102 Å². The fraction of sp³-hybridized carbons (Fsp3) is 0.625. The number of anilines is 14. The number of halogens is 2. The molecule has 6 aliphatic rings. The lowest BCUT2D eigenvalue weighted by molar-refractivity contribution is 0.460. The summed E-state index contributed by atoms with van der Waals surface area (Å²) in [6.45, 7) is 22.1. The van der Waals surface area contributed by atoms with Crippen LogP contribution < -0.4 is 70.7 Å². The second-order valence-electron chi connectivity index (χ2n) is 23.2. The maximum absolute atomic E-state index is 6.13. The van der Waals surface area contributed by atoms with Crippen LogP contribution in [0.1, 0.15) is 72.1 Å². The van der Waals surface area contributed by atoms with Gasteiger partial charge in [-0.15, -0.1) is 0 Å². The van der Waals surface area contributed by atoms with Crippen molar-refractivity contribution in [2.45, 2.75) is 78.2 Å². The van der Waals surface area contributed by atoms with Crippen LogP contribution in [-0.4, -0.2) is 225 Å². The second-order valence-corrected chi connectivity index (χ2v) is 23.9. The van der Waals surface area contributed by atoms with E-state index >= 15 is 0 Å². The van der Waals surface area contributed by atoms with Crippen molar-refractivity contribution >= 4 is 106 Å². The predicted octanol–water partition coefficient (Wildman–Crippen LogP) is 4.79. The van der Waals surface area contributed by atoms with Crippen molar-refractivity contribution in [2.24, 2.45) is 5.92 Å². The third kappa shape index (κ3) is 15.5. The first kappa shape index (κ1) is 59.5. The van der Waals surface area contributed by atoms with Gasteiger partial charge in [0.05, 0.1) is 0 Å². The molecule has 0 spiro atoms. The van der Waals surface area contributed by atoms with Crippen LogP contribution in [0.3, 0.4) is 0 Å². The van der Waals surface area contributed by atoms with Crippen molar-refractivity contribution in [3.8, 4) is 0 Å². The fourth-order valence-corrected chi connectivity index (χ4v) is 11.9. The van der Waals surface area contributed by atoms with Gasteiger partial charge in [-0.25, -0.2) is 0 Å². The minimum atomic E-state index is 0.0680. The van der Waals surface area contributed by atoms with Crippen molar-refractivity contribution in [1.29, 1.82) is 0 Å². The minimum absolute atomic E-state index is 0.0680. The van der Waals surface area contributed by atoms with E-state index in [-0.39, 0.29) is 10.6 Å². The van der Waals surface area contributed by atoms with Crippen molar-refractivity contribution in [1.82, 2.24) is 80.1 Å². The zero-order chi connectivity index (χ0) is 59.5. The Morgan fingerprint density at radius 3 is 1.20 bits per heavy atom. The summed E-state index contributed by atoms with van der Waals surface area (Å²) in [4.78, 5) is 93.1. The molecule has 0 radical (unpaired) electrons. The first-order valence-corrected chi connectivity index (χ1v) is 32.0. The maximum atomic E-state index is 6.13. The number of piperazine rings is 5. The largest absolute Gasteiger partial charge is 0.354 e. The van der Waals surface area contributed by atoms with E-state index in [1.807, 2.05) is 35.2 Å². The number of para-hydroxylation sites is 1. The molecule has 5 aromatic heterocycles. The van der Waals surface area contributed by atoms with Crippen LogP contribution in [-0.2, 0) is 0 Å². The van der Waals surface area contributed by atoms with E-state index in [0.717, 1.165) is 77.1 Å². The van der Waals surface area contributed by atoms with E-state index < -0.39 is 0 Å². The average Bonchev–Trinajstić information content (AvgIpc) is 3.36. The Morgan fingerprint density at radius 1 is 0.425 bits per heavy atom. The quantitative estimate of drug-likeness (QED) is 0.0606. The number of hydrogen-bond donors (Lipinski definition) is 5. The van der Waals surface area contributed by atoms with Gasteiger partial charge < -0.3 is 70.7 Å². The van der Waals surface area contributed by atoms with Gasteiger partial charge >= 0.3 is 0 Å². The van der Waals surface area contributed by atoms with Gasteiger partial charge in [-0.3, -0.25) is 0 Å². The number of benzene rings is 1. The van der Waals surface area contributed by atoms with Crippen LogP contribution in [0, 0.1) is 5.92 Å². The molecule has 10 heterocycles. The van der Waals surface area contributed by atoms with Crippen molar-refractivity contribution in [2.75, 3.05) is 209 Å². The number of rotatable bonds is 21. The molecule has 5 N–H and O–H groups in total. The summed E-state index contributed by atoms with van der Waals surface area (Å²) < 4.78 is 0. The molecule has 6 aromatic rings. The molecule has 29 nitrogen and oxygen atoms in total. The molecule has 1 aliphatic carbocycles. The SMILES string of the molecule is CCCCCNc1nc(N2CCN(c3nc(Cl)nc(Cl)n3)CC2)nc(N2CCN(c3nc(NCC(C)C)nc(N4CCN(c5nc(NC6CCCCC6)nc(N6CCN(c7nc(Nc8ccccc8)nc(N8CCNCC8)n7)CC6)n5)CC4)n3)CC2)n1. The number of hydrogen-bond acceptors (Lipinski definition) is 29. The highest BCUT2D eigenvalue weighted by atomic mass is 35.5. The predicted molar refractivity (Wildman–Crippen MR) is 344 cm³/mol. The molecule has 0 bridgehead atoms. The van der Waals surface area contributed by atoms with Gasteiger partial charge in [0.15, 0.2) is 0 Å². The molecule has 5 saturated heterocycles. The Hall–Kier alpha value is -7.79. The highest BCUT2D eigenvalue weighted by molar-refractivity contribution is 6.31. The molecular formula is C56H81Cl2N29. The molecule has 87 heavy (non-hydrogen) atoms. The zero-order valence-corrected chi connectivity index (χ0v) is 51.8. The van der Waals surface area contributed by atoms with E-state index in [9.17, 15) is 0 Å². The Balaban J connectivity index is 0.720. The Labute approximate surface area is 518 Å². The Bertz CT molecular complexity index is 3160. The van der Waals surface area contributed by atoms with Gasteiger partial charge in [0.2, 0.25) is 87.9 Å².